The van der Waals surface area contributed by atoms with Crippen LogP contribution in [0, 0.1) is 0 Å². The minimum absolute atomic E-state index is 0. The monoisotopic (exact) mass is 438 g/mol. The zero-order chi connectivity index (χ0) is 15.2. The third-order valence-corrected chi connectivity index (χ3v) is 2.40. The SMILES string of the molecule is S=C([S-])NNc1ccccc1.[Cl-].[Zr+3].c1cc[cH-]c1.c1cc[cH-]c1. The summed E-state index contributed by atoms with van der Waals surface area (Å²) in [5.41, 5.74) is 6.45. The molecule has 3 rings (SSSR count). The maximum atomic E-state index is 4.64. The van der Waals surface area contributed by atoms with E-state index in [0.29, 0.717) is 4.32 Å². The molecular weight excluding hydrogens is 423 g/mol. The van der Waals surface area contributed by atoms with Gasteiger partial charge in [-0.2, -0.15) is 36.4 Å². The van der Waals surface area contributed by atoms with E-state index < -0.39 is 0 Å². The van der Waals surface area contributed by atoms with Crippen LogP contribution >= 0.6 is 12.2 Å². The first-order valence-electron chi connectivity index (χ1n) is 6.40. The van der Waals surface area contributed by atoms with Gasteiger partial charge in [-0.25, -0.2) is 24.3 Å². The number of hydrogen-bond donors (Lipinski definition) is 2. The van der Waals surface area contributed by atoms with Crippen LogP contribution in [0.15, 0.2) is 91.0 Å². The first-order chi connectivity index (χ1) is 10.3. The molecule has 0 atom stereocenters. The van der Waals surface area contributed by atoms with E-state index >= 15 is 0 Å². The van der Waals surface area contributed by atoms with Crippen molar-refractivity contribution in [3.05, 3.63) is 91.0 Å². The molecule has 0 aliphatic carbocycles. The summed E-state index contributed by atoms with van der Waals surface area (Å²) in [6.07, 6.45) is 0. The largest absolute Gasteiger partial charge is 3.00 e. The molecule has 0 saturated carbocycles. The van der Waals surface area contributed by atoms with Gasteiger partial charge in [0.15, 0.2) is 0 Å². The van der Waals surface area contributed by atoms with Crippen molar-refractivity contribution in [1.29, 1.82) is 0 Å². The summed E-state index contributed by atoms with van der Waals surface area (Å²) in [4.78, 5) is 0. The second-order valence-electron chi connectivity index (χ2n) is 3.83. The number of halogens is 1. The molecule has 0 bridgehead atoms. The predicted octanol–water partition coefficient (Wildman–Crippen LogP) is 1.25. The van der Waals surface area contributed by atoms with Crippen molar-refractivity contribution in [2.45, 2.75) is 0 Å². The fourth-order valence-electron chi connectivity index (χ4n) is 1.29. The maximum absolute atomic E-state index is 4.64. The van der Waals surface area contributed by atoms with E-state index in [1.165, 1.54) is 0 Å². The van der Waals surface area contributed by atoms with Crippen LogP contribution in [0.2, 0.25) is 0 Å². The molecule has 0 spiro atoms. The van der Waals surface area contributed by atoms with Crippen molar-refractivity contribution in [3.8, 4) is 0 Å². The van der Waals surface area contributed by atoms with Crippen LogP contribution in [0.5, 0.6) is 0 Å². The molecule has 3 aromatic rings. The third-order valence-electron chi connectivity index (χ3n) is 2.19. The summed E-state index contributed by atoms with van der Waals surface area (Å²) in [6.45, 7) is 0. The average molecular weight is 440 g/mol. The van der Waals surface area contributed by atoms with Gasteiger partial charge in [0.25, 0.3) is 0 Å². The van der Waals surface area contributed by atoms with E-state index in [4.69, 9.17) is 0 Å². The van der Waals surface area contributed by atoms with E-state index in [1.807, 2.05) is 91.0 Å². The van der Waals surface area contributed by atoms with Crippen molar-refractivity contribution in [3.63, 3.8) is 0 Å². The van der Waals surface area contributed by atoms with Gasteiger partial charge < -0.3 is 48.1 Å². The Kier molecular flexibility index (Phi) is 18.3. The van der Waals surface area contributed by atoms with Gasteiger partial charge in [-0.05, 0) is 16.5 Å². The van der Waals surface area contributed by atoms with Crippen molar-refractivity contribution in [2.75, 3.05) is 5.43 Å². The molecular formula is C17H17ClN2S2Zr-. The molecule has 2 N–H and O–H groups in total. The molecule has 0 aliphatic heterocycles. The fourth-order valence-corrected chi connectivity index (χ4v) is 1.39. The van der Waals surface area contributed by atoms with Gasteiger partial charge >= 0.3 is 26.2 Å². The first-order valence-corrected chi connectivity index (χ1v) is 7.22. The van der Waals surface area contributed by atoms with E-state index in [2.05, 4.69) is 35.7 Å². The van der Waals surface area contributed by atoms with Crippen LogP contribution < -0.4 is 23.3 Å². The number of hydrogen-bond acceptors (Lipinski definition) is 3. The van der Waals surface area contributed by atoms with Gasteiger partial charge in [0.1, 0.15) is 0 Å². The van der Waals surface area contributed by atoms with E-state index in [1.54, 1.807) is 0 Å². The van der Waals surface area contributed by atoms with Gasteiger partial charge in [0, 0.05) is 0 Å². The topological polar surface area (TPSA) is 24.1 Å². The normalized spacial score (nSPS) is 7.65. The molecule has 119 valence electrons. The van der Waals surface area contributed by atoms with Crippen molar-refractivity contribution < 1.29 is 38.6 Å². The first kappa shape index (κ1) is 24.3. The molecule has 6 heteroatoms. The summed E-state index contributed by atoms with van der Waals surface area (Å²) in [5.74, 6) is 0. The Morgan fingerprint density at radius 1 is 0.826 bits per heavy atom. The molecule has 0 aromatic heterocycles. The Morgan fingerprint density at radius 2 is 1.26 bits per heavy atom. The smallest absolute Gasteiger partial charge is 1.00 e. The van der Waals surface area contributed by atoms with Crippen LogP contribution in [0.25, 0.3) is 0 Å². The van der Waals surface area contributed by atoms with Gasteiger partial charge in [-0.1, -0.05) is 18.2 Å². The van der Waals surface area contributed by atoms with Crippen LogP contribution in [-0.2, 0) is 38.8 Å². The molecule has 0 aliphatic rings. The van der Waals surface area contributed by atoms with Gasteiger partial charge in [-0.3, -0.25) is 0 Å². The van der Waals surface area contributed by atoms with Crippen LogP contribution in [-0.4, -0.2) is 4.32 Å². The maximum Gasteiger partial charge on any atom is 3.00 e. The Bertz CT molecular complexity index is 497. The number of thiocarbonyl (C=S) groups is 1. The third kappa shape index (κ3) is 15.7. The number of rotatable bonds is 2. The second kappa shape index (κ2) is 17.4. The summed E-state index contributed by atoms with van der Waals surface area (Å²) >= 11 is 9.27. The Morgan fingerprint density at radius 3 is 1.57 bits per heavy atom. The molecule has 23 heavy (non-hydrogen) atoms. The molecule has 0 unspecified atom stereocenters. The predicted molar refractivity (Wildman–Crippen MR) is 97.2 cm³/mol. The molecule has 1 radical (unpaired) electrons. The number of benzene rings is 1. The Labute approximate surface area is 174 Å². The van der Waals surface area contributed by atoms with Crippen molar-refractivity contribution >= 4 is 34.9 Å². The van der Waals surface area contributed by atoms with Crippen LogP contribution in [0.4, 0.5) is 5.69 Å². The summed E-state index contributed by atoms with van der Waals surface area (Å²) < 4.78 is 0.314. The molecule has 3 aromatic carbocycles. The Balaban J connectivity index is 0. The van der Waals surface area contributed by atoms with Crippen molar-refractivity contribution in [2.24, 2.45) is 0 Å². The van der Waals surface area contributed by atoms with Gasteiger partial charge in [0.05, 0.1) is 5.69 Å². The average Bonchev–Trinajstić information content (AvgIpc) is 3.23. The van der Waals surface area contributed by atoms with Crippen LogP contribution in [0.1, 0.15) is 0 Å². The molecule has 0 fully saturated rings. The number of para-hydroxylation sites is 1. The van der Waals surface area contributed by atoms with Crippen LogP contribution in [0.3, 0.4) is 0 Å². The number of hydrazine groups is 1. The Hall–Kier alpha value is -0.997. The quantitative estimate of drug-likeness (QED) is 0.271. The number of nitrogens with one attached hydrogen (secondary N) is 2. The molecule has 2 nitrogen and oxygen atoms in total. The fraction of sp³-hybridized carbons (Fsp3) is 0. The van der Waals surface area contributed by atoms with Gasteiger partial charge in [0.2, 0.25) is 0 Å². The van der Waals surface area contributed by atoms with E-state index in [9.17, 15) is 0 Å². The summed E-state index contributed by atoms with van der Waals surface area (Å²) in [7, 11) is 0. The minimum Gasteiger partial charge on any atom is -1.00 e. The van der Waals surface area contributed by atoms with E-state index in [0.717, 1.165) is 5.69 Å². The van der Waals surface area contributed by atoms with E-state index in [-0.39, 0.29) is 38.6 Å². The number of anilines is 1. The standard InChI is InChI=1S/C7H8N2S2.2C5H5.ClH.Zr/c10-7(11)9-8-6-4-2-1-3-5-6;2*1-2-4-5-3-1;;/h1-5,8H,(H2,9,10,11);2*1-5H;1H;/q;2*-1;;+3/p-2. The van der Waals surface area contributed by atoms with Gasteiger partial charge in [-0.15, -0.1) is 0 Å². The molecule has 0 heterocycles. The second-order valence-corrected chi connectivity index (χ2v) is 4.90. The summed E-state index contributed by atoms with van der Waals surface area (Å²) in [6, 6.07) is 29.6. The minimum atomic E-state index is 0. The molecule has 0 saturated heterocycles. The summed E-state index contributed by atoms with van der Waals surface area (Å²) in [5, 5.41) is 0. The molecule has 0 amide bonds. The zero-order valence-electron chi connectivity index (χ0n) is 12.4. The zero-order valence-corrected chi connectivity index (χ0v) is 17.2. The van der Waals surface area contributed by atoms with Crippen molar-refractivity contribution in [1.82, 2.24) is 5.43 Å².